The van der Waals surface area contributed by atoms with Gasteiger partial charge in [0.25, 0.3) is 6.01 Å². The Morgan fingerprint density at radius 3 is 2.68 bits per heavy atom. The molecule has 2 heterocycles. The van der Waals surface area contributed by atoms with Crippen LogP contribution in [-0.4, -0.2) is 60.0 Å². The first-order chi connectivity index (χ1) is 17.9. The molecule has 188 valence electrons. The number of piperazine rings is 1. The van der Waals surface area contributed by atoms with E-state index >= 15 is 0 Å². The van der Waals surface area contributed by atoms with Crippen molar-refractivity contribution in [2.45, 2.75) is 19.4 Å². The highest BCUT2D eigenvalue weighted by molar-refractivity contribution is 6.01. The second-order valence-corrected chi connectivity index (χ2v) is 9.81. The average molecular weight is 497 g/mol. The van der Waals surface area contributed by atoms with Crippen molar-refractivity contribution in [2.75, 3.05) is 43.4 Å². The molecule has 1 aliphatic heterocycles. The smallest absolute Gasteiger partial charge is 0.335 e. The number of aromatic carboxylic acids is 1. The van der Waals surface area contributed by atoms with E-state index in [1.165, 1.54) is 0 Å². The van der Waals surface area contributed by atoms with E-state index in [0.717, 1.165) is 71.6 Å². The lowest BCUT2D eigenvalue weighted by atomic mass is 10.00. The van der Waals surface area contributed by atoms with E-state index < -0.39 is 5.97 Å². The largest absolute Gasteiger partial charge is 0.478 e. The number of ketones is 1. The molecule has 1 aromatic heterocycles. The number of hydrogen-bond donors (Lipinski definition) is 2. The summed E-state index contributed by atoms with van der Waals surface area (Å²) in [5.41, 5.74) is 7.24. The first-order valence-corrected chi connectivity index (χ1v) is 12.6. The van der Waals surface area contributed by atoms with Crippen LogP contribution in [-0.2, 0) is 13.0 Å². The molecule has 37 heavy (non-hydrogen) atoms. The number of carboxylic acid groups (broad SMARTS) is 1. The van der Waals surface area contributed by atoms with Gasteiger partial charge in [-0.2, -0.15) is 4.98 Å². The first kappa shape index (κ1) is 23.2. The molecule has 8 heteroatoms. The summed E-state index contributed by atoms with van der Waals surface area (Å²) >= 11 is 0. The van der Waals surface area contributed by atoms with Crippen molar-refractivity contribution >= 4 is 34.6 Å². The van der Waals surface area contributed by atoms with Crippen LogP contribution in [0.5, 0.6) is 0 Å². The monoisotopic (exact) mass is 496 g/mol. The lowest BCUT2D eigenvalue weighted by Crippen LogP contribution is -2.44. The van der Waals surface area contributed by atoms with Crippen LogP contribution in [0.3, 0.4) is 0 Å². The molecule has 0 radical (unpaired) electrons. The SMILES string of the molecule is CN1CCN(c2cc(CNc3nc4cccc(-c5ccc6c(c5)CCC6=O)c4o3)cc(C(=O)O)c2)CC1. The molecule has 0 atom stereocenters. The van der Waals surface area contributed by atoms with Gasteiger partial charge in [0.15, 0.2) is 11.4 Å². The predicted octanol–water partition coefficient (Wildman–Crippen LogP) is 4.69. The fourth-order valence-electron chi connectivity index (χ4n) is 5.20. The standard InChI is InChI=1S/C29H28N4O4/c1-32-9-11-33(12-10-32)22-14-18(13-21(16-22)28(35)36)17-30-29-31-25-4-2-3-24(27(25)37-29)20-5-7-23-19(15-20)6-8-26(23)34/h2-5,7,13-16H,6,8-12,17H2,1H3,(H,30,31)(H,35,36). The van der Waals surface area contributed by atoms with E-state index in [-0.39, 0.29) is 11.3 Å². The molecule has 1 aliphatic carbocycles. The summed E-state index contributed by atoms with van der Waals surface area (Å²) in [6, 6.07) is 17.6. The molecule has 0 spiro atoms. The summed E-state index contributed by atoms with van der Waals surface area (Å²) in [6.45, 7) is 3.98. The number of hydrogen-bond acceptors (Lipinski definition) is 7. The third kappa shape index (κ3) is 4.56. The summed E-state index contributed by atoms with van der Waals surface area (Å²) in [5.74, 6) is -0.742. The highest BCUT2D eigenvalue weighted by Crippen LogP contribution is 2.34. The molecule has 8 nitrogen and oxygen atoms in total. The van der Waals surface area contributed by atoms with Crippen LogP contribution >= 0.6 is 0 Å². The van der Waals surface area contributed by atoms with Crippen LogP contribution in [0.4, 0.5) is 11.7 Å². The highest BCUT2D eigenvalue weighted by atomic mass is 16.4. The number of Topliss-reactive ketones (excluding diaryl/α,β-unsaturated/α-hetero) is 1. The number of aryl methyl sites for hydroxylation is 1. The van der Waals surface area contributed by atoms with Crippen molar-refractivity contribution in [2.24, 2.45) is 0 Å². The minimum Gasteiger partial charge on any atom is -0.478 e. The lowest BCUT2D eigenvalue weighted by Gasteiger charge is -2.34. The van der Waals surface area contributed by atoms with Gasteiger partial charge in [-0.05, 0) is 54.4 Å². The van der Waals surface area contributed by atoms with Crippen molar-refractivity contribution in [3.8, 4) is 11.1 Å². The Hall–Kier alpha value is -4.17. The second-order valence-electron chi connectivity index (χ2n) is 9.81. The minimum absolute atomic E-state index is 0.202. The number of carbonyl (C=O) groups excluding carboxylic acids is 1. The number of aromatic nitrogens is 1. The van der Waals surface area contributed by atoms with Crippen LogP contribution in [0, 0.1) is 0 Å². The van der Waals surface area contributed by atoms with E-state index in [2.05, 4.69) is 33.2 Å². The second kappa shape index (κ2) is 9.37. The summed E-state index contributed by atoms with van der Waals surface area (Å²) in [7, 11) is 2.09. The Kier molecular flexibility index (Phi) is 5.88. The van der Waals surface area contributed by atoms with Crippen LogP contribution in [0.15, 0.2) is 59.0 Å². The summed E-state index contributed by atoms with van der Waals surface area (Å²) < 4.78 is 6.13. The van der Waals surface area contributed by atoms with Crippen LogP contribution in [0.2, 0.25) is 0 Å². The number of carboxylic acids is 1. The third-order valence-electron chi connectivity index (χ3n) is 7.29. The maximum absolute atomic E-state index is 12.0. The molecule has 0 amide bonds. The maximum Gasteiger partial charge on any atom is 0.335 e. The number of anilines is 2. The van der Waals surface area contributed by atoms with Gasteiger partial charge in [0, 0.05) is 56.0 Å². The number of likely N-dealkylation sites (N-methyl/N-ethyl adjacent to an activating group) is 1. The van der Waals surface area contributed by atoms with E-state index in [1.807, 2.05) is 36.4 Å². The van der Waals surface area contributed by atoms with Crippen molar-refractivity contribution in [3.05, 3.63) is 76.9 Å². The molecular formula is C29H28N4O4. The zero-order chi connectivity index (χ0) is 25.5. The number of rotatable bonds is 6. The van der Waals surface area contributed by atoms with Crippen LogP contribution < -0.4 is 10.2 Å². The molecule has 3 aromatic carbocycles. The lowest BCUT2D eigenvalue weighted by molar-refractivity contribution is 0.0696. The van der Waals surface area contributed by atoms with Gasteiger partial charge in [0.05, 0.1) is 5.56 Å². The molecule has 6 rings (SSSR count). The molecule has 4 aromatic rings. The quantitative estimate of drug-likeness (QED) is 0.397. The van der Waals surface area contributed by atoms with E-state index in [4.69, 9.17) is 4.42 Å². The van der Waals surface area contributed by atoms with Crippen molar-refractivity contribution in [3.63, 3.8) is 0 Å². The molecular weight excluding hydrogens is 468 g/mol. The average Bonchev–Trinajstić information content (AvgIpc) is 3.50. The zero-order valence-corrected chi connectivity index (χ0v) is 20.7. The number of nitrogens with one attached hydrogen (secondary N) is 1. The Balaban J connectivity index is 1.26. The van der Waals surface area contributed by atoms with Crippen molar-refractivity contribution in [1.29, 1.82) is 0 Å². The normalized spacial score (nSPS) is 15.8. The summed E-state index contributed by atoms with van der Waals surface area (Å²) in [5, 5.41) is 12.9. The number of oxazole rings is 1. The number of carbonyl (C=O) groups is 2. The van der Waals surface area contributed by atoms with Crippen molar-refractivity contribution < 1.29 is 19.1 Å². The number of nitrogens with zero attached hydrogens (tertiary/aromatic N) is 3. The zero-order valence-electron chi connectivity index (χ0n) is 20.7. The molecule has 0 unspecified atom stereocenters. The molecule has 2 N–H and O–H groups in total. The number of para-hydroxylation sites is 1. The van der Waals surface area contributed by atoms with E-state index in [9.17, 15) is 14.7 Å². The topological polar surface area (TPSA) is 98.9 Å². The van der Waals surface area contributed by atoms with Gasteiger partial charge in [-0.3, -0.25) is 4.79 Å². The van der Waals surface area contributed by atoms with Gasteiger partial charge in [-0.25, -0.2) is 4.79 Å². The molecule has 0 bridgehead atoms. The van der Waals surface area contributed by atoms with E-state index in [1.54, 1.807) is 12.1 Å². The van der Waals surface area contributed by atoms with Crippen molar-refractivity contribution in [1.82, 2.24) is 9.88 Å². The highest BCUT2D eigenvalue weighted by Gasteiger charge is 2.21. The van der Waals surface area contributed by atoms with Gasteiger partial charge in [0.1, 0.15) is 5.52 Å². The van der Waals surface area contributed by atoms with Gasteiger partial charge in [-0.15, -0.1) is 0 Å². The van der Waals surface area contributed by atoms with Gasteiger partial charge >= 0.3 is 5.97 Å². The number of benzene rings is 3. The van der Waals surface area contributed by atoms with Crippen LogP contribution in [0.1, 0.15) is 38.3 Å². The number of fused-ring (bicyclic) bond motifs is 2. The Morgan fingerprint density at radius 1 is 1.03 bits per heavy atom. The molecule has 1 saturated heterocycles. The Bertz CT molecular complexity index is 1520. The Morgan fingerprint density at radius 2 is 1.86 bits per heavy atom. The fraction of sp³-hybridized carbons (Fsp3) is 0.276. The molecule has 2 aliphatic rings. The van der Waals surface area contributed by atoms with E-state index in [0.29, 0.717) is 24.6 Å². The minimum atomic E-state index is -0.945. The molecule has 0 saturated carbocycles. The molecule has 1 fully saturated rings. The van der Waals surface area contributed by atoms with Gasteiger partial charge in [-0.1, -0.05) is 30.3 Å². The Labute approximate surface area is 214 Å². The third-order valence-corrected chi connectivity index (χ3v) is 7.29. The van der Waals surface area contributed by atoms with Gasteiger partial charge in [0.2, 0.25) is 0 Å². The first-order valence-electron chi connectivity index (χ1n) is 12.6. The summed E-state index contributed by atoms with van der Waals surface area (Å²) in [4.78, 5) is 32.9. The van der Waals surface area contributed by atoms with Crippen LogP contribution in [0.25, 0.3) is 22.2 Å². The maximum atomic E-state index is 12.0. The fourth-order valence-corrected chi connectivity index (χ4v) is 5.20. The predicted molar refractivity (Wildman–Crippen MR) is 143 cm³/mol. The van der Waals surface area contributed by atoms with Gasteiger partial charge < -0.3 is 24.6 Å². The summed E-state index contributed by atoms with van der Waals surface area (Å²) in [6.07, 6.45) is 1.34.